The molecule has 5 rings (SSSR count). The van der Waals surface area contributed by atoms with Crippen molar-refractivity contribution < 1.29 is 4.79 Å². The molecule has 5 aromatic rings. The quantitative estimate of drug-likeness (QED) is 0.246. The van der Waals surface area contributed by atoms with Crippen LogP contribution in [0.4, 0.5) is 28.4 Å². The summed E-state index contributed by atoms with van der Waals surface area (Å²) in [6.45, 7) is 1.91. The summed E-state index contributed by atoms with van der Waals surface area (Å²) in [6.07, 6.45) is 1.72. The second-order valence-electron chi connectivity index (χ2n) is 8.33. The monoisotopic (exact) mass is 469 g/mol. The number of carbonyl (C=O) groups is 1. The normalized spacial score (nSPS) is 10.4. The van der Waals surface area contributed by atoms with Crippen molar-refractivity contribution in [1.29, 1.82) is 5.26 Å². The first-order valence-electron chi connectivity index (χ1n) is 11.5. The Labute approximate surface area is 209 Å². The van der Waals surface area contributed by atoms with Crippen LogP contribution in [0.5, 0.6) is 0 Å². The van der Waals surface area contributed by atoms with E-state index in [1.165, 1.54) is 0 Å². The predicted octanol–water partition coefficient (Wildman–Crippen LogP) is 7.15. The van der Waals surface area contributed by atoms with Gasteiger partial charge in [-0.05, 0) is 79.2 Å². The van der Waals surface area contributed by atoms with Crippen molar-refractivity contribution in [3.63, 3.8) is 0 Å². The Balaban J connectivity index is 1.38. The molecule has 0 atom stereocenters. The second-order valence-corrected chi connectivity index (χ2v) is 8.33. The highest BCUT2D eigenvalue weighted by atomic mass is 16.1. The van der Waals surface area contributed by atoms with Crippen LogP contribution in [-0.2, 0) is 0 Å². The zero-order valence-electron chi connectivity index (χ0n) is 19.6. The minimum absolute atomic E-state index is 0.195. The number of nitrogens with one attached hydrogen (secondary N) is 3. The van der Waals surface area contributed by atoms with Crippen LogP contribution < -0.4 is 16.0 Å². The van der Waals surface area contributed by atoms with Crippen LogP contribution >= 0.6 is 0 Å². The van der Waals surface area contributed by atoms with E-state index in [0.717, 1.165) is 39.2 Å². The molecule has 1 aromatic heterocycles. The maximum Gasteiger partial charge on any atom is 0.256 e. The van der Waals surface area contributed by atoms with E-state index in [4.69, 9.17) is 0 Å². The first-order chi connectivity index (χ1) is 17.6. The summed E-state index contributed by atoms with van der Waals surface area (Å²) >= 11 is 0. The smallest absolute Gasteiger partial charge is 0.256 e. The zero-order valence-corrected chi connectivity index (χ0v) is 19.6. The van der Waals surface area contributed by atoms with Crippen LogP contribution in [0.1, 0.15) is 21.5 Å². The van der Waals surface area contributed by atoms with E-state index in [9.17, 15) is 10.1 Å². The number of aromatic nitrogens is 1. The highest BCUT2D eigenvalue weighted by molar-refractivity contribution is 6.06. The number of anilines is 5. The van der Waals surface area contributed by atoms with Gasteiger partial charge in [0.2, 0.25) is 0 Å². The SMILES string of the molecule is Cc1c(Nc2ccnc3ccc(C#N)cc23)cccc1C(=O)Nc1cccc(Nc2ccccc2)c1. The third-order valence-electron chi connectivity index (χ3n) is 5.90. The van der Waals surface area contributed by atoms with Crippen LogP contribution in [0, 0.1) is 18.3 Å². The van der Waals surface area contributed by atoms with Crippen molar-refractivity contribution in [1.82, 2.24) is 4.98 Å². The average molecular weight is 470 g/mol. The van der Waals surface area contributed by atoms with Gasteiger partial charge in [-0.1, -0.05) is 30.3 Å². The van der Waals surface area contributed by atoms with Crippen molar-refractivity contribution in [3.05, 3.63) is 120 Å². The number of para-hydroxylation sites is 1. The highest BCUT2D eigenvalue weighted by Crippen LogP contribution is 2.29. The van der Waals surface area contributed by atoms with Crippen LogP contribution in [0.2, 0.25) is 0 Å². The van der Waals surface area contributed by atoms with Gasteiger partial charge in [-0.3, -0.25) is 9.78 Å². The number of hydrogen-bond donors (Lipinski definition) is 3. The first-order valence-corrected chi connectivity index (χ1v) is 11.5. The molecule has 4 aromatic carbocycles. The molecule has 3 N–H and O–H groups in total. The molecule has 0 saturated carbocycles. The van der Waals surface area contributed by atoms with Gasteiger partial charge in [0.25, 0.3) is 5.91 Å². The Morgan fingerprint density at radius 2 is 1.56 bits per heavy atom. The van der Waals surface area contributed by atoms with Crippen molar-refractivity contribution in [2.24, 2.45) is 0 Å². The summed E-state index contributed by atoms with van der Waals surface area (Å²) in [5.41, 5.74) is 6.90. The van der Waals surface area contributed by atoms with Crippen molar-refractivity contribution in [2.75, 3.05) is 16.0 Å². The van der Waals surface area contributed by atoms with Crippen LogP contribution in [0.15, 0.2) is 103 Å². The van der Waals surface area contributed by atoms with Crippen LogP contribution in [0.3, 0.4) is 0 Å². The number of benzene rings is 4. The van der Waals surface area contributed by atoms with Gasteiger partial charge in [0.1, 0.15) is 0 Å². The van der Waals surface area contributed by atoms with E-state index in [2.05, 4.69) is 27.0 Å². The number of nitrogens with zero attached hydrogens (tertiary/aromatic N) is 2. The molecule has 1 amide bonds. The Bertz CT molecular complexity index is 1610. The molecule has 0 aliphatic heterocycles. The van der Waals surface area contributed by atoms with Gasteiger partial charge < -0.3 is 16.0 Å². The van der Waals surface area contributed by atoms with E-state index in [1.807, 2.05) is 91.9 Å². The lowest BCUT2D eigenvalue weighted by molar-refractivity contribution is 0.102. The van der Waals surface area contributed by atoms with Gasteiger partial charge in [0, 0.05) is 45.6 Å². The standard InChI is InChI=1S/C30H23N5O/c1-20-25(30(36)34-24-10-5-9-23(18-24)33-22-7-3-2-4-8-22)11-6-12-27(20)35-29-15-16-32-28-14-13-21(19-31)17-26(28)29/h2-18,33H,1H3,(H,32,35)(H,34,36). The molecule has 6 heteroatoms. The van der Waals surface area contributed by atoms with E-state index in [0.29, 0.717) is 16.8 Å². The lowest BCUT2D eigenvalue weighted by Gasteiger charge is -2.15. The van der Waals surface area contributed by atoms with Gasteiger partial charge in [0.15, 0.2) is 0 Å². The van der Waals surface area contributed by atoms with Crippen molar-refractivity contribution >= 4 is 45.2 Å². The summed E-state index contributed by atoms with van der Waals surface area (Å²) in [5.74, 6) is -0.195. The molecule has 0 saturated heterocycles. The molecule has 0 fully saturated rings. The molecule has 0 aliphatic carbocycles. The van der Waals surface area contributed by atoms with Crippen molar-refractivity contribution in [3.8, 4) is 6.07 Å². The second kappa shape index (κ2) is 10.00. The van der Waals surface area contributed by atoms with E-state index in [-0.39, 0.29) is 5.91 Å². The molecular weight excluding hydrogens is 446 g/mol. The lowest BCUT2D eigenvalue weighted by atomic mass is 10.0. The summed E-state index contributed by atoms with van der Waals surface area (Å²) in [5, 5.41) is 19.9. The average Bonchev–Trinajstić information content (AvgIpc) is 2.90. The minimum atomic E-state index is -0.195. The summed E-state index contributed by atoms with van der Waals surface area (Å²) in [7, 11) is 0. The number of hydrogen-bond acceptors (Lipinski definition) is 5. The predicted molar refractivity (Wildman–Crippen MR) is 145 cm³/mol. The maximum absolute atomic E-state index is 13.2. The molecule has 0 radical (unpaired) electrons. The highest BCUT2D eigenvalue weighted by Gasteiger charge is 2.13. The number of carbonyl (C=O) groups excluding carboxylic acids is 1. The zero-order chi connectivity index (χ0) is 24.9. The fourth-order valence-corrected chi connectivity index (χ4v) is 4.05. The third-order valence-corrected chi connectivity index (χ3v) is 5.90. The van der Waals surface area contributed by atoms with E-state index >= 15 is 0 Å². The minimum Gasteiger partial charge on any atom is -0.355 e. The summed E-state index contributed by atoms with van der Waals surface area (Å²) in [4.78, 5) is 17.6. The maximum atomic E-state index is 13.2. The summed E-state index contributed by atoms with van der Waals surface area (Å²) in [6, 6.07) is 32.5. The number of amides is 1. The Morgan fingerprint density at radius 3 is 2.39 bits per heavy atom. The molecule has 0 spiro atoms. The van der Waals surface area contributed by atoms with Gasteiger partial charge in [-0.15, -0.1) is 0 Å². The van der Waals surface area contributed by atoms with Gasteiger partial charge >= 0.3 is 0 Å². The molecule has 36 heavy (non-hydrogen) atoms. The van der Waals surface area contributed by atoms with Crippen molar-refractivity contribution in [2.45, 2.75) is 6.92 Å². The molecule has 0 aliphatic rings. The molecular formula is C30H23N5O. The molecule has 174 valence electrons. The van der Waals surface area contributed by atoms with E-state index in [1.54, 1.807) is 18.3 Å². The molecule has 0 bridgehead atoms. The van der Waals surface area contributed by atoms with Gasteiger partial charge in [0.05, 0.1) is 17.1 Å². The molecule has 1 heterocycles. The first kappa shape index (κ1) is 22.6. The Morgan fingerprint density at radius 1 is 0.778 bits per heavy atom. The fraction of sp³-hybridized carbons (Fsp3) is 0.0333. The number of rotatable bonds is 6. The topological polar surface area (TPSA) is 89.8 Å². The number of pyridine rings is 1. The van der Waals surface area contributed by atoms with Crippen LogP contribution in [-0.4, -0.2) is 10.9 Å². The van der Waals surface area contributed by atoms with Crippen LogP contribution in [0.25, 0.3) is 10.9 Å². The largest absolute Gasteiger partial charge is 0.355 e. The third kappa shape index (κ3) is 4.86. The Kier molecular flexibility index (Phi) is 6.29. The number of fused-ring (bicyclic) bond motifs is 1. The Hall–Kier alpha value is -5.15. The number of nitriles is 1. The van der Waals surface area contributed by atoms with E-state index < -0.39 is 0 Å². The molecule has 6 nitrogen and oxygen atoms in total. The lowest BCUT2D eigenvalue weighted by Crippen LogP contribution is -2.14. The fourth-order valence-electron chi connectivity index (χ4n) is 4.05. The van der Waals surface area contributed by atoms with Gasteiger partial charge in [-0.25, -0.2) is 0 Å². The molecule has 0 unspecified atom stereocenters. The summed E-state index contributed by atoms with van der Waals surface area (Å²) < 4.78 is 0. The van der Waals surface area contributed by atoms with Gasteiger partial charge in [-0.2, -0.15) is 5.26 Å².